The number of aromatic nitrogens is 3. The van der Waals surface area contributed by atoms with Crippen LogP contribution >= 0.6 is 23.1 Å². The van der Waals surface area contributed by atoms with Crippen LogP contribution in [0.4, 0.5) is 0 Å². The lowest BCUT2D eigenvalue weighted by Crippen LogP contribution is -2.34. The van der Waals surface area contributed by atoms with E-state index in [0.29, 0.717) is 31.5 Å². The standard InChI is InChI=1S/C22H26N4O2S2/c1-28-12-11-25(15-17-6-3-2-4-7-17)21(27)16-30-22-24-23-20(26(22)18-9-10-18)14-19-8-5-13-29-19/h2-8,13,18H,9-12,14-16H2,1H3. The second kappa shape index (κ2) is 10.2. The van der Waals surface area contributed by atoms with Gasteiger partial charge in [0.2, 0.25) is 5.91 Å². The fourth-order valence-corrected chi connectivity index (χ4v) is 4.94. The monoisotopic (exact) mass is 442 g/mol. The number of benzene rings is 1. The Hall–Kier alpha value is -2.16. The first-order valence-corrected chi connectivity index (χ1v) is 12.0. The highest BCUT2D eigenvalue weighted by atomic mass is 32.2. The molecule has 0 unspecified atom stereocenters. The molecule has 0 aliphatic heterocycles. The van der Waals surface area contributed by atoms with Crippen molar-refractivity contribution < 1.29 is 9.53 Å². The average molecular weight is 443 g/mol. The Morgan fingerprint density at radius 2 is 2.07 bits per heavy atom. The second-order valence-corrected chi connectivity index (χ2v) is 9.31. The number of rotatable bonds is 11. The van der Waals surface area contributed by atoms with E-state index in [1.165, 1.54) is 16.6 Å². The third kappa shape index (κ3) is 5.50. The Balaban J connectivity index is 1.42. The minimum absolute atomic E-state index is 0.0889. The summed E-state index contributed by atoms with van der Waals surface area (Å²) in [6.07, 6.45) is 3.11. The van der Waals surface area contributed by atoms with E-state index in [0.717, 1.165) is 35.8 Å². The van der Waals surface area contributed by atoms with Gasteiger partial charge in [-0.25, -0.2) is 0 Å². The van der Waals surface area contributed by atoms with E-state index in [-0.39, 0.29) is 5.91 Å². The van der Waals surface area contributed by atoms with Crippen LogP contribution in [0.25, 0.3) is 0 Å². The van der Waals surface area contributed by atoms with Crippen LogP contribution in [-0.4, -0.2) is 51.6 Å². The van der Waals surface area contributed by atoms with Gasteiger partial charge in [-0.15, -0.1) is 21.5 Å². The third-order valence-electron chi connectivity index (χ3n) is 5.02. The Bertz CT molecular complexity index is 939. The van der Waals surface area contributed by atoms with E-state index in [9.17, 15) is 4.79 Å². The predicted molar refractivity (Wildman–Crippen MR) is 120 cm³/mol. The molecular formula is C22H26N4O2S2. The van der Waals surface area contributed by atoms with Crippen molar-refractivity contribution in [2.24, 2.45) is 0 Å². The number of hydrogen-bond donors (Lipinski definition) is 0. The first-order chi connectivity index (χ1) is 14.7. The highest BCUT2D eigenvalue weighted by Crippen LogP contribution is 2.39. The van der Waals surface area contributed by atoms with Crippen LogP contribution < -0.4 is 0 Å². The zero-order valence-electron chi connectivity index (χ0n) is 17.1. The van der Waals surface area contributed by atoms with Crippen molar-refractivity contribution in [1.29, 1.82) is 0 Å². The highest BCUT2D eigenvalue weighted by molar-refractivity contribution is 7.99. The third-order valence-corrected chi connectivity index (χ3v) is 6.82. The number of thiophene rings is 1. The van der Waals surface area contributed by atoms with E-state index in [1.807, 2.05) is 35.2 Å². The zero-order valence-corrected chi connectivity index (χ0v) is 18.7. The molecule has 158 valence electrons. The number of thioether (sulfide) groups is 1. The molecule has 0 radical (unpaired) electrons. The summed E-state index contributed by atoms with van der Waals surface area (Å²) in [6.45, 7) is 1.68. The molecule has 3 aromatic rings. The molecule has 1 saturated carbocycles. The summed E-state index contributed by atoms with van der Waals surface area (Å²) in [4.78, 5) is 16.1. The molecule has 2 aromatic heterocycles. The number of hydrogen-bond acceptors (Lipinski definition) is 6. The summed E-state index contributed by atoms with van der Waals surface area (Å²) >= 11 is 3.23. The van der Waals surface area contributed by atoms with Gasteiger partial charge in [0.1, 0.15) is 5.82 Å². The van der Waals surface area contributed by atoms with Crippen molar-refractivity contribution in [3.63, 3.8) is 0 Å². The molecule has 1 aliphatic rings. The van der Waals surface area contributed by atoms with Gasteiger partial charge in [-0.2, -0.15) is 0 Å². The van der Waals surface area contributed by atoms with Crippen LogP contribution in [0.1, 0.15) is 35.1 Å². The summed E-state index contributed by atoms with van der Waals surface area (Å²) in [5.74, 6) is 1.43. The maximum Gasteiger partial charge on any atom is 0.233 e. The van der Waals surface area contributed by atoms with E-state index in [2.05, 4.69) is 32.3 Å². The molecule has 0 N–H and O–H groups in total. The van der Waals surface area contributed by atoms with Gasteiger partial charge in [-0.05, 0) is 29.9 Å². The smallest absolute Gasteiger partial charge is 0.233 e. The van der Waals surface area contributed by atoms with Crippen molar-refractivity contribution in [3.05, 3.63) is 64.1 Å². The molecule has 0 atom stereocenters. The van der Waals surface area contributed by atoms with E-state index >= 15 is 0 Å². The van der Waals surface area contributed by atoms with Gasteiger partial charge in [0.25, 0.3) is 0 Å². The molecule has 1 amide bonds. The van der Waals surface area contributed by atoms with Crippen LogP contribution in [0.3, 0.4) is 0 Å². The number of carbonyl (C=O) groups excluding carboxylic acids is 1. The SMILES string of the molecule is COCCN(Cc1ccccc1)C(=O)CSc1nnc(Cc2cccs2)n1C1CC1. The lowest BCUT2D eigenvalue weighted by atomic mass is 10.2. The van der Waals surface area contributed by atoms with E-state index < -0.39 is 0 Å². The van der Waals surface area contributed by atoms with E-state index in [1.54, 1.807) is 18.4 Å². The van der Waals surface area contributed by atoms with Crippen LogP contribution in [0.15, 0.2) is 53.0 Å². The fourth-order valence-electron chi connectivity index (χ4n) is 3.31. The largest absolute Gasteiger partial charge is 0.383 e. The number of ether oxygens (including phenoxy) is 1. The minimum Gasteiger partial charge on any atom is -0.383 e. The molecule has 0 spiro atoms. The van der Waals surface area contributed by atoms with Crippen molar-refractivity contribution in [1.82, 2.24) is 19.7 Å². The molecule has 6 nitrogen and oxygen atoms in total. The van der Waals surface area contributed by atoms with Gasteiger partial charge >= 0.3 is 0 Å². The minimum atomic E-state index is 0.0889. The molecule has 30 heavy (non-hydrogen) atoms. The Kier molecular flexibility index (Phi) is 7.20. The van der Waals surface area contributed by atoms with Crippen molar-refractivity contribution in [3.8, 4) is 0 Å². The summed E-state index contributed by atoms with van der Waals surface area (Å²) in [5, 5.41) is 11.8. The van der Waals surface area contributed by atoms with Crippen LogP contribution in [0, 0.1) is 0 Å². The van der Waals surface area contributed by atoms with Crippen molar-refractivity contribution >= 4 is 29.0 Å². The van der Waals surface area contributed by atoms with Gasteiger partial charge in [0.15, 0.2) is 5.16 Å². The quantitative estimate of drug-likeness (QED) is 0.420. The van der Waals surface area contributed by atoms with Gasteiger partial charge in [-0.1, -0.05) is 48.2 Å². The molecule has 0 bridgehead atoms. The topological polar surface area (TPSA) is 60.2 Å². The average Bonchev–Trinajstić information content (AvgIpc) is 3.32. The number of amides is 1. The van der Waals surface area contributed by atoms with Gasteiger partial charge in [0, 0.05) is 37.5 Å². The lowest BCUT2D eigenvalue weighted by Gasteiger charge is -2.22. The Labute approximate surface area is 185 Å². The summed E-state index contributed by atoms with van der Waals surface area (Å²) < 4.78 is 7.45. The van der Waals surface area contributed by atoms with Gasteiger partial charge < -0.3 is 14.2 Å². The highest BCUT2D eigenvalue weighted by Gasteiger charge is 2.30. The molecule has 8 heteroatoms. The molecule has 0 saturated heterocycles. The molecule has 1 aliphatic carbocycles. The Morgan fingerprint density at radius 3 is 2.77 bits per heavy atom. The molecule has 1 fully saturated rings. The molecule has 2 heterocycles. The molecule has 1 aromatic carbocycles. The van der Waals surface area contributed by atoms with Crippen LogP contribution in [0.5, 0.6) is 0 Å². The first-order valence-electron chi connectivity index (χ1n) is 10.1. The maximum atomic E-state index is 13.0. The summed E-state index contributed by atoms with van der Waals surface area (Å²) in [7, 11) is 1.66. The van der Waals surface area contributed by atoms with Gasteiger partial charge in [-0.3, -0.25) is 4.79 Å². The maximum absolute atomic E-state index is 13.0. The molecular weight excluding hydrogens is 416 g/mol. The van der Waals surface area contributed by atoms with Crippen LogP contribution in [0.2, 0.25) is 0 Å². The number of methoxy groups -OCH3 is 1. The molecule has 4 rings (SSSR count). The normalized spacial score (nSPS) is 13.5. The summed E-state index contributed by atoms with van der Waals surface area (Å²) in [6, 6.07) is 14.7. The number of carbonyl (C=O) groups is 1. The number of nitrogens with zero attached hydrogens (tertiary/aromatic N) is 4. The second-order valence-electron chi connectivity index (χ2n) is 7.34. The van der Waals surface area contributed by atoms with E-state index in [4.69, 9.17) is 4.74 Å². The first kappa shape index (κ1) is 21.1. The van der Waals surface area contributed by atoms with Crippen LogP contribution in [-0.2, 0) is 22.5 Å². The predicted octanol–water partition coefficient (Wildman–Crippen LogP) is 4.03. The Morgan fingerprint density at radius 1 is 1.23 bits per heavy atom. The summed E-state index contributed by atoms with van der Waals surface area (Å²) in [5.41, 5.74) is 1.12. The van der Waals surface area contributed by atoms with Crippen molar-refractivity contribution in [2.45, 2.75) is 37.0 Å². The lowest BCUT2D eigenvalue weighted by molar-refractivity contribution is -0.129. The zero-order chi connectivity index (χ0) is 20.8. The van der Waals surface area contributed by atoms with Crippen molar-refractivity contribution in [2.75, 3.05) is 26.0 Å². The fraction of sp³-hybridized carbons (Fsp3) is 0.409. The van der Waals surface area contributed by atoms with Gasteiger partial charge in [0.05, 0.1) is 12.4 Å².